The van der Waals surface area contributed by atoms with E-state index in [-0.39, 0.29) is 12.4 Å². The standard InChI is InChI=1S/C19H27N3O.ClH/c1-3-12-22(18-8-10-20-11-9-18)13-17-14-23-19(21-17)16-6-4-15(2)5-7-16;/h4-7,14,18,20H,3,8-13H2,1-2H3;1H. The molecule has 1 aliphatic heterocycles. The summed E-state index contributed by atoms with van der Waals surface area (Å²) in [7, 11) is 0. The van der Waals surface area contributed by atoms with Crippen molar-refractivity contribution in [3.05, 3.63) is 41.8 Å². The number of rotatable bonds is 6. The molecule has 1 aliphatic rings. The quantitative estimate of drug-likeness (QED) is 0.854. The summed E-state index contributed by atoms with van der Waals surface area (Å²) >= 11 is 0. The van der Waals surface area contributed by atoms with Gasteiger partial charge < -0.3 is 9.73 Å². The third-order valence-electron chi connectivity index (χ3n) is 4.55. The molecule has 0 saturated carbocycles. The van der Waals surface area contributed by atoms with E-state index in [1.165, 1.54) is 24.8 Å². The monoisotopic (exact) mass is 349 g/mol. The van der Waals surface area contributed by atoms with Gasteiger partial charge in [0.05, 0.1) is 5.69 Å². The van der Waals surface area contributed by atoms with Crippen LogP contribution in [0.1, 0.15) is 37.4 Å². The second kappa shape index (κ2) is 9.21. The summed E-state index contributed by atoms with van der Waals surface area (Å²) in [6, 6.07) is 8.99. The number of aromatic nitrogens is 1. The molecule has 2 heterocycles. The van der Waals surface area contributed by atoms with Crippen molar-refractivity contribution in [1.82, 2.24) is 15.2 Å². The molecule has 0 aliphatic carbocycles. The van der Waals surface area contributed by atoms with E-state index in [2.05, 4.69) is 48.3 Å². The number of piperidine rings is 1. The van der Waals surface area contributed by atoms with Gasteiger partial charge in [-0.1, -0.05) is 24.6 Å². The molecule has 1 saturated heterocycles. The summed E-state index contributed by atoms with van der Waals surface area (Å²) in [6.45, 7) is 8.59. The summed E-state index contributed by atoms with van der Waals surface area (Å²) in [4.78, 5) is 7.27. The molecule has 0 bridgehead atoms. The Hall–Kier alpha value is -1.36. The Bertz CT molecular complexity index is 605. The maximum absolute atomic E-state index is 5.71. The van der Waals surface area contributed by atoms with Crippen LogP contribution in [0, 0.1) is 6.92 Å². The van der Waals surface area contributed by atoms with Crippen molar-refractivity contribution in [1.29, 1.82) is 0 Å². The Morgan fingerprint density at radius 1 is 1.21 bits per heavy atom. The molecule has 1 aromatic heterocycles. The van der Waals surface area contributed by atoms with Gasteiger partial charge in [0.1, 0.15) is 6.26 Å². The second-order valence-electron chi connectivity index (χ2n) is 6.46. The summed E-state index contributed by atoms with van der Waals surface area (Å²) in [5.74, 6) is 0.724. The number of oxazole rings is 1. The largest absolute Gasteiger partial charge is 0.444 e. The second-order valence-corrected chi connectivity index (χ2v) is 6.46. The minimum atomic E-state index is 0. The van der Waals surface area contributed by atoms with E-state index >= 15 is 0 Å². The smallest absolute Gasteiger partial charge is 0.226 e. The fourth-order valence-electron chi connectivity index (χ4n) is 3.27. The van der Waals surface area contributed by atoms with Crippen molar-refractivity contribution in [3.8, 4) is 11.5 Å². The average molecular weight is 350 g/mol. The molecule has 0 atom stereocenters. The van der Waals surface area contributed by atoms with E-state index in [0.29, 0.717) is 6.04 Å². The Morgan fingerprint density at radius 2 is 1.92 bits per heavy atom. The van der Waals surface area contributed by atoms with Gasteiger partial charge >= 0.3 is 0 Å². The molecule has 3 rings (SSSR count). The summed E-state index contributed by atoms with van der Waals surface area (Å²) in [6.07, 6.45) is 5.44. The lowest BCUT2D eigenvalue weighted by Crippen LogP contribution is -2.43. The molecule has 24 heavy (non-hydrogen) atoms. The van der Waals surface area contributed by atoms with E-state index in [0.717, 1.165) is 43.3 Å². The van der Waals surface area contributed by atoms with Gasteiger partial charge in [0, 0.05) is 18.2 Å². The number of hydrogen-bond acceptors (Lipinski definition) is 4. The SMILES string of the molecule is CCCN(Cc1coc(-c2ccc(C)cc2)n1)C1CCNCC1.Cl. The van der Waals surface area contributed by atoms with Crippen LogP contribution in [0.3, 0.4) is 0 Å². The van der Waals surface area contributed by atoms with Crippen molar-refractivity contribution < 1.29 is 4.42 Å². The summed E-state index contributed by atoms with van der Waals surface area (Å²) in [5.41, 5.74) is 3.33. The Balaban J connectivity index is 0.00000208. The lowest BCUT2D eigenvalue weighted by atomic mass is 10.0. The zero-order valence-corrected chi connectivity index (χ0v) is 15.4. The fourth-order valence-corrected chi connectivity index (χ4v) is 3.27. The van der Waals surface area contributed by atoms with Crippen molar-refractivity contribution in [2.45, 2.75) is 45.7 Å². The van der Waals surface area contributed by atoms with Crippen LogP contribution in [-0.2, 0) is 6.54 Å². The third-order valence-corrected chi connectivity index (χ3v) is 4.55. The summed E-state index contributed by atoms with van der Waals surface area (Å²) in [5, 5.41) is 3.44. The zero-order valence-electron chi connectivity index (χ0n) is 14.6. The Labute approximate surface area is 151 Å². The van der Waals surface area contributed by atoms with Crippen LogP contribution in [0.4, 0.5) is 0 Å². The van der Waals surface area contributed by atoms with Gasteiger partial charge in [0.15, 0.2) is 0 Å². The molecule has 0 spiro atoms. The molecule has 0 unspecified atom stereocenters. The first-order chi connectivity index (χ1) is 11.3. The minimum absolute atomic E-state index is 0. The first kappa shape index (κ1) is 19.0. The van der Waals surface area contributed by atoms with Crippen molar-refractivity contribution in [2.24, 2.45) is 0 Å². The van der Waals surface area contributed by atoms with Crippen LogP contribution < -0.4 is 5.32 Å². The van der Waals surface area contributed by atoms with Crippen LogP contribution in [0.15, 0.2) is 34.9 Å². The first-order valence-corrected chi connectivity index (χ1v) is 8.72. The molecule has 2 aromatic rings. The lowest BCUT2D eigenvalue weighted by molar-refractivity contribution is 0.152. The molecule has 0 amide bonds. The fraction of sp³-hybridized carbons (Fsp3) is 0.526. The minimum Gasteiger partial charge on any atom is -0.444 e. The van der Waals surface area contributed by atoms with Gasteiger partial charge in [-0.05, 0) is 58.0 Å². The van der Waals surface area contributed by atoms with Gasteiger partial charge in [-0.25, -0.2) is 4.98 Å². The van der Waals surface area contributed by atoms with Crippen LogP contribution in [0.5, 0.6) is 0 Å². The van der Waals surface area contributed by atoms with E-state index in [1.807, 2.05) is 6.26 Å². The normalized spacial score (nSPS) is 15.5. The number of halogens is 1. The molecular weight excluding hydrogens is 322 g/mol. The van der Waals surface area contributed by atoms with Crippen molar-refractivity contribution >= 4 is 12.4 Å². The van der Waals surface area contributed by atoms with Crippen molar-refractivity contribution in [3.63, 3.8) is 0 Å². The molecule has 4 nitrogen and oxygen atoms in total. The van der Waals surface area contributed by atoms with E-state index in [1.54, 1.807) is 0 Å². The highest BCUT2D eigenvalue weighted by molar-refractivity contribution is 5.85. The lowest BCUT2D eigenvalue weighted by Gasteiger charge is -2.33. The average Bonchev–Trinajstić information content (AvgIpc) is 3.04. The highest BCUT2D eigenvalue weighted by Crippen LogP contribution is 2.21. The summed E-state index contributed by atoms with van der Waals surface area (Å²) < 4.78 is 5.71. The highest BCUT2D eigenvalue weighted by atomic mass is 35.5. The Kier molecular flexibility index (Phi) is 7.28. The maximum atomic E-state index is 5.71. The molecule has 5 heteroatoms. The number of nitrogens with zero attached hydrogens (tertiary/aromatic N) is 2. The molecule has 1 N–H and O–H groups in total. The maximum Gasteiger partial charge on any atom is 0.226 e. The van der Waals surface area contributed by atoms with Crippen LogP contribution in [0.2, 0.25) is 0 Å². The van der Waals surface area contributed by atoms with Gasteiger partial charge in [-0.2, -0.15) is 0 Å². The van der Waals surface area contributed by atoms with Gasteiger partial charge in [0.2, 0.25) is 5.89 Å². The molecule has 132 valence electrons. The highest BCUT2D eigenvalue weighted by Gasteiger charge is 2.21. The predicted octanol–water partition coefficient (Wildman–Crippen LogP) is 4.04. The van der Waals surface area contributed by atoms with Gasteiger partial charge in [-0.3, -0.25) is 4.90 Å². The topological polar surface area (TPSA) is 41.3 Å². The zero-order chi connectivity index (χ0) is 16.1. The number of aryl methyl sites for hydroxylation is 1. The molecule has 1 aromatic carbocycles. The van der Waals surface area contributed by atoms with E-state index in [9.17, 15) is 0 Å². The predicted molar refractivity (Wildman–Crippen MR) is 101 cm³/mol. The number of benzene rings is 1. The van der Waals surface area contributed by atoms with Gasteiger partial charge in [0.25, 0.3) is 0 Å². The van der Waals surface area contributed by atoms with Gasteiger partial charge in [-0.15, -0.1) is 12.4 Å². The number of nitrogens with one attached hydrogen (secondary N) is 1. The number of hydrogen-bond donors (Lipinski definition) is 1. The van der Waals surface area contributed by atoms with E-state index in [4.69, 9.17) is 9.40 Å². The van der Waals surface area contributed by atoms with Crippen LogP contribution in [-0.4, -0.2) is 35.6 Å². The van der Waals surface area contributed by atoms with Crippen molar-refractivity contribution in [2.75, 3.05) is 19.6 Å². The molecule has 0 radical (unpaired) electrons. The first-order valence-electron chi connectivity index (χ1n) is 8.72. The molecule has 1 fully saturated rings. The van der Waals surface area contributed by atoms with Crippen LogP contribution in [0.25, 0.3) is 11.5 Å². The third kappa shape index (κ3) is 4.82. The Morgan fingerprint density at radius 3 is 2.58 bits per heavy atom. The van der Waals surface area contributed by atoms with E-state index < -0.39 is 0 Å². The van der Waals surface area contributed by atoms with Crippen LogP contribution >= 0.6 is 12.4 Å². The molecular formula is C19H28ClN3O.